The lowest BCUT2D eigenvalue weighted by Gasteiger charge is -2.24. The molecule has 1 amide bonds. The van der Waals surface area contributed by atoms with Crippen molar-refractivity contribution in [1.82, 2.24) is 0 Å². The predicted molar refractivity (Wildman–Crippen MR) is 73.7 cm³/mol. The summed E-state index contributed by atoms with van der Waals surface area (Å²) in [7, 11) is 0. The van der Waals surface area contributed by atoms with Gasteiger partial charge in [-0.05, 0) is 18.2 Å². The molecule has 0 saturated carbocycles. The van der Waals surface area contributed by atoms with Gasteiger partial charge in [-0.1, -0.05) is 0 Å². The number of carbonyl (C=O) groups is 1. The van der Waals surface area contributed by atoms with E-state index in [1.54, 1.807) is 6.07 Å². The van der Waals surface area contributed by atoms with Crippen LogP contribution in [0.2, 0.25) is 0 Å². The van der Waals surface area contributed by atoms with Gasteiger partial charge in [-0.2, -0.15) is 5.26 Å². The second-order valence-corrected chi connectivity index (χ2v) is 4.31. The molecule has 0 radical (unpaired) electrons. The minimum Gasteiger partial charge on any atom is -0.490 e. The van der Waals surface area contributed by atoms with E-state index < -0.39 is 0 Å². The van der Waals surface area contributed by atoms with Crippen molar-refractivity contribution < 1.29 is 9.53 Å². The van der Waals surface area contributed by atoms with Crippen molar-refractivity contribution in [3.63, 3.8) is 0 Å². The molecular weight excluding hydrogens is 266 g/mol. The summed E-state index contributed by atoms with van der Waals surface area (Å²) in [6, 6.07) is 7.49. The SMILES string of the molecule is N#CCCN(C(=O)CCl)c1ccc2c(c1)NCCO2. The molecule has 100 valence electrons. The lowest BCUT2D eigenvalue weighted by molar-refractivity contribution is -0.116. The van der Waals surface area contributed by atoms with Gasteiger partial charge in [-0.25, -0.2) is 0 Å². The van der Waals surface area contributed by atoms with Crippen LogP contribution >= 0.6 is 11.6 Å². The largest absolute Gasteiger partial charge is 0.490 e. The molecule has 5 nitrogen and oxygen atoms in total. The summed E-state index contributed by atoms with van der Waals surface area (Å²) < 4.78 is 5.48. The van der Waals surface area contributed by atoms with Gasteiger partial charge in [0.2, 0.25) is 5.91 Å². The first-order chi connectivity index (χ1) is 9.26. The standard InChI is InChI=1S/C13H14ClN3O2/c14-9-13(18)17(6-1-4-15)10-2-3-12-11(8-10)16-5-7-19-12/h2-3,8,16H,1,5-7,9H2. The Morgan fingerprint density at radius 3 is 3.16 bits per heavy atom. The van der Waals surface area contributed by atoms with E-state index in [1.165, 1.54) is 4.90 Å². The van der Waals surface area contributed by atoms with E-state index in [0.29, 0.717) is 13.2 Å². The molecule has 1 aliphatic rings. The van der Waals surface area contributed by atoms with Crippen molar-refractivity contribution in [1.29, 1.82) is 5.26 Å². The number of benzene rings is 1. The predicted octanol–water partition coefficient (Wildman–Crippen LogP) is 1.98. The van der Waals surface area contributed by atoms with Crippen LogP contribution in [0.15, 0.2) is 18.2 Å². The van der Waals surface area contributed by atoms with Gasteiger partial charge in [0.25, 0.3) is 0 Å². The van der Waals surface area contributed by atoms with Crippen molar-refractivity contribution in [2.45, 2.75) is 6.42 Å². The summed E-state index contributed by atoms with van der Waals surface area (Å²) in [5, 5.41) is 11.9. The van der Waals surface area contributed by atoms with Gasteiger partial charge in [0.15, 0.2) is 0 Å². The van der Waals surface area contributed by atoms with Crippen LogP contribution in [0.5, 0.6) is 5.75 Å². The van der Waals surface area contributed by atoms with Crippen LogP contribution in [0.4, 0.5) is 11.4 Å². The van der Waals surface area contributed by atoms with Crippen molar-refractivity contribution in [2.75, 3.05) is 35.8 Å². The van der Waals surface area contributed by atoms with E-state index in [0.717, 1.165) is 23.7 Å². The number of fused-ring (bicyclic) bond motifs is 1. The van der Waals surface area contributed by atoms with Crippen LogP contribution < -0.4 is 15.0 Å². The summed E-state index contributed by atoms with van der Waals surface area (Å²) in [6.07, 6.45) is 0.268. The highest BCUT2D eigenvalue weighted by atomic mass is 35.5. The van der Waals surface area contributed by atoms with Gasteiger partial charge in [0.05, 0.1) is 18.2 Å². The molecule has 0 aromatic heterocycles. The summed E-state index contributed by atoms with van der Waals surface area (Å²) in [5.41, 5.74) is 1.57. The van der Waals surface area contributed by atoms with Crippen LogP contribution in [0.3, 0.4) is 0 Å². The highest BCUT2D eigenvalue weighted by Crippen LogP contribution is 2.31. The third kappa shape index (κ3) is 3.09. The van der Waals surface area contributed by atoms with E-state index in [2.05, 4.69) is 5.32 Å². The maximum absolute atomic E-state index is 11.8. The number of hydrogen-bond donors (Lipinski definition) is 1. The van der Waals surface area contributed by atoms with E-state index in [-0.39, 0.29) is 18.2 Å². The average Bonchev–Trinajstić information content (AvgIpc) is 2.47. The Morgan fingerprint density at radius 1 is 1.58 bits per heavy atom. The second kappa shape index (κ2) is 6.30. The zero-order valence-corrected chi connectivity index (χ0v) is 11.1. The molecule has 1 aliphatic heterocycles. The van der Waals surface area contributed by atoms with Crippen LogP contribution in [-0.2, 0) is 4.79 Å². The number of ether oxygens (including phenoxy) is 1. The van der Waals surface area contributed by atoms with E-state index in [4.69, 9.17) is 21.6 Å². The molecule has 1 aromatic rings. The molecular formula is C13H14ClN3O2. The molecule has 0 saturated heterocycles. The minimum absolute atomic E-state index is 0.105. The van der Waals surface area contributed by atoms with Gasteiger partial charge in [0.1, 0.15) is 18.2 Å². The van der Waals surface area contributed by atoms with Gasteiger partial charge in [0, 0.05) is 18.8 Å². The molecule has 0 spiro atoms. The first-order valence-corrected chi connectivity index (χ1v) is 6.53. The number of halogens is 1. The maximum atomic E-state index is 11.8. The molecule has 0 unspecified atom stereocenters. The number of anilines is 2. The number of nitrogens with zero attached hydrogens (tertiary/aromatic N) is 2. The fourth-order valence-corrected chi connectivity index (χ4v) is 2.07. The third-order valence-electron chi connectivity index (χ3n) is 2.81. The molecule has 1 heterocycles. The molecule has 19 heavy (non-hydrogen) atoms. The second-order valence-electron chi connectivity index (χ2n) is 4.04. The number of carbonyl (C=O) groups excluding carboxylic acids is 1. The zero-order valence-electron chi connectivity index (χ0n) is 10.4. The first-order valence-electron chi connectivity index (χ1n) is 6.00. The summed E-state index contributed by atoms with van der Waals surface area (Å²) in [5.74, 6) is 0.453. The highest BCUT2D eigenvalue weighted by molar-refractivity contribution is 6.29. The average molecular weight is 280 g/mol. The molecule has 0 fully saturated rings. The summed E-state index contributed by atoms with van der Waals surface area (Å²) >= 11 is 5.60. The Labute approximate surface area is 116 Å². The number of amides is 1. The molecule has 0 bridgehead atoms. The van der Waals surface area contributed by atoms with Gasteiger partial charge >= 0.3 is 0 Å². The number of alkyl halides is 1. The Hall–Kier alpha value is -1.93. The third-order valence-corrected chi connectivity index (χ3v) is 3.04. The molecule has 2 rings (SSSR count). The number of rotatable bonds is 4. The van der Waals surface area contributed by atoms with Crippen molar-refractivity contribution in [3.05, 3.63) is 18.2 Å². The van der Waals surface area contributed by atoms with Crippen LogP contribution in [0.25, 0.3) is 0 Å². The molecule has 1 N–H and O–H groups in total. The Morgan fingerprint density at radius 2 is 2.42 bits per heavy atom. The van der Waals surface area contributed by atoms with Crippen LogP contribution in [-0.4, -0.2) is 31.5 Å². The maximum Gasteiger partial charge on any atom is 0.241 e. The molecule has 1 aromatic carbocycles. The van der Waals surface area contributed by atoms with Gasteiger partial charge in [-0.3, -0.25) is 4.79 Å². The molecule has 0 atom stereocenters. The normalized spacial score (nSPS) is 12.6. The quantitative estimate of drug-likeness (QED) is 0.856. The van der Waals surface area contributed by atoms with Crippen molar-refractivity contribution in [2.24, 2.45) is 0 Å². The summed E-state index contributed by atoms with van der Waals surface area (Å²) in [6.45, 7) is 1.70. The fourth-order valence-electron chi connectivity index (χ4n) is 1.93. The lowest BCUT2D eigenvalue weighted by Crippen LogP contribution is -2.33. The van der Waals surface area contributed by atoms with Gasteiger partial charge in [-0.15, -0.1) is 11.6 Å². The smallest absolute Gasteiger partial charge is 0.241 e. The monoisotopic (exact) mass is 279 g/mol. The van der Waals surface area contributed by atoms with Gasteiger partial charge < -0.3 is 15.0 Å². The summed E-state index contributed by atoms with van der Waals surface area (Å²) in [4.78, 5) is 13.3. The highest BCUT2D eigenvalue weighted by Gasteiger charge is 2.17. The Bertz CT molecular complexity index is 513. The van der Waals surface area contributed by atoms with Crippen LogP contribution in [0.1, 0.15) is 6.42 Å². The number of nitrogens with one attached hydrogen (secondary N) is 1. The topological polar surface area (TPSA) is 65.4 Å². The van der Waals surface area contributed by atoms with Crippen molar-refractivity contribution in [3.8, 4) is 11.8 Å². The molecule has 0 aliphatic carbocycles. The van der Waals surface area contributed by atoms with E-state index in [1.807, 2.05) is 18.2 Å². The number of hydrogen-bond acceptors (Lipinski definition) is 4. The lowest BCUT2D eigenvalue weighted by atomic mass is 10.2. The van der Waals surface area contributed by atoms with Crippen LogP contribution in [0, 0.1) is 11.3 Å². The zero-order chi connectivity index (χ0) is 13.7. The first kappa shape index (κ1) is 13.5. The van der Waals surface area contributed by atoms with E-state index >= 15 is 0 Å². The Balaban J connectivity index is 2.26. The molecule has 6 heteroatoms. The number of nitriles is 1. The minimum atomic E-state index is -0.214. The van der Waals surface area contributed by atoms with Crippen molar-refractivity contribution >= 4 is 28.9 Å². The Kier molecular flexibility index (Phi) is 4.48. The fraction of sp³-hybridized carbons (Fsp3) is 0.385. The van der Waals surface area contributed by atoms with E-state index in [9.17, 15) is 4.79 Å².